The zero-order valence-electron chi connectivity index (χ0n) is 20.1. The Hall–Kier alpha value is -0.280. The lowest BCUT2D eigenvalue weighted by molar-refractivity contribution is -0.410. The minimum absolute atomic E-state index is 0.0892. The van der Waals surface area contributed by atoms with Crippen LogP contribution in [0.2, 0.25) is 0 Å². The van der Waals surface area contributed by atoms with Gasteiger partial charge in [0.1, 0.15) is 0 Å². The largest absolute Gasteiger partial charge is 0.381 e. The summed E-state index contributed by atoms with van der Waals surface area (Å²) in [5.74, 6) is -1.44. The summed E-state index contributed by atoms with van der Waals surface area (Å²) < 4.78 is 35.9. The Labute approximate surface area is 183 Å². The third kappa shape index (κ3) is 9.90. The molecule has 0 aromatic carbocycles. The molecule has 0 aromatic heterocycles. The quantitative estimate of drug-likeness (QED) is 0.410. The molecule has 1 heterocycles. The average molecular weight is 435 g/mol. The van der Waals surface area contributed by atoms with E-state index < -0.39 is 12.3 Å². The molecule has 1 aliphatic heterocycles. The first-order valence-electron chi connectivity index (χ1n) is 11.8. The molecule has 1 N–H and O–H groups in total. The van der Waals surface area contributed by atoms with Crippen molar-refractivity contribution in [2.75, 3.05) is 33.5 Å². The topological polar surface area (TPSA) is 75.6 Å². The van der Waals surface area contributed by atoms with E-state index in [1.165, 1.54) is 7.11 Å². The zero-order chi connectivity index (χ0) is 22.4. The number of rotatable bonds is 14. The van der Waals surface area contributed by atoms with Crippen LogP contribution in [-0.4, -0.2) is 69.2 Å². The Morgan fingerprint density at radius 1 is 0.933 bits per heavy atom. The summed E-state index contributed by atoms with van der Waals surface area (Å²) >= 11 is 0. The van der Waals surface area contributed by atoms with Crippen molar-refractivity contribution in [3.63, 3.8) is 0 Å². The Balaban J connectivity index is 3.12. The van der Waals surface area contributed by atoms with Crippen LogP contribution in [0.4, 0.5) is 0 Å². The molecule has 0 bridgehead atoms. The van der Waals surface area contributed by atoms with E-state index in [9.17, 15) is 5.11 Å². The van der Waals surface area contributed by atoms with Gasteiger partial charge in [0.2, 0.25) is 0 Å². The van der Waals surface area contributed by atoms with E-state index in [1.807, 2.05) is 6.92 Å². The molecule has 1 aliphatic rings. The number of aliphatic hydroxyl groups is 1. The van der Waals surface area contributed by atoms with Crippen LogP contribution in [-0.2, 0) is 28.4 Å². The second kappa shape index (κ2) is 15.5. The van der Waals surface area contributed by atoms with Gasteiger partial charge < -0.3 is 28.8 Å². The minimum atomic E-state index is -1.35. The first kappa shape index (κ1) is 27.8. The van der Waals surface area contributed by atoms with Crippen LogP contribution in [0.1, 0.15) is 79.6 Å². The van der Waals surface area contributed by atoms with E-state index >= 15 is 0 Å². The number of aliphatic hydroxyl groups excluding tert-OH is 1. The lowest BCUT2D eigenvalue weighted by atomic mass is 9.91. The van der Waals surface area contributed by atoms with Crippen LogP contribution < -0.4 is 0 Å². The summed E-state index contributed by atoms with van der Waals surface area (Å²) in [4.78, 5) is 0. The van der Waals surface area contributed by atoms with Gasteiger partial charge in [-0.05, 0) is 26.2 Å². The van der Waals surface area contributed by atoms with Crippen LogP contribution in [0.5, 0.6) is 0 Å². The predicted octanol–water partition coefficient (Wildman–Crippen LogP) is 4.25. The van der Waals surface area contributed by atoms with Crippen LogP contribution in [0.15, 0.2) is 0 Å². The lowest BCUT2D eigenvalue weighted by Gasteiger charge is -2.37. The average Bonchev–Trinajstić information content (AvgIpc) is 2.74. The molecule has 7 nitrogen and oxygen atoms in total. The summed E-state index contributed by atoms with van der Waals surface area (Å²) in [6.07, 6.45) is 4.40. The standard InChI is InChI=1S/C23H46O7/c1-7-10-13-26-17-19-18(4)29-23(5,25-6)30-21(24)16-20(27-14-11-8-2)22(19)28-15-12-9-3/h18-22,24H,7-17H2,1-6H3. The fourth-order valence-corrected chi connectivity index (χ4v) is 3.55. The van der Waals surface area contributed by atoms with Crippen molar-refractivity contribution in [2.45, 2.75) is 110 Å². The number of ether oxygens (including phenoxy) is 6. The SMILES string of the molecule is CCCCOCC1C(C)OC(C)(OC)OC(O)CC(OCCCC)C1OCCCC. The summed E-state index contributed by atoms with van der Waals surface area (Å²) in [6, 6.07) is 0. The Bertz CT molecular complexity index is 422. The third-order valence-electron chi connectivity index (χ3n) is 5.54. The summed E-state index contributed by atoms with van der Waals surface area (Å²) in [6.45, 7) is 12.5. The van der Waals surface area contributed by atoms with Gasteiger partial charge in [-0.1, -0.05) is 40.0 Å². The molecule has 1 rings (SSSR count). The number of hydrogen-bond acceptors (Lipinski definition) is 7. The second-order valence-corrected chi connectivity index (χ2v) is 8.24. The monoisotopic (exact) mass is 434 g/mol. The molecule has 6 unspecified atom stereocenters. The van der Waals surface area contributed by atoms with Crippen molar-refractivity contribution in [3.8, 4) is 0 Å². The highest BCUT2D eigenvalue weighted by molar-refractivity contribution is 4.86. The van der Waals surface area contributed by atoms with E-state index in [-0.39, 0.29) is 30.7 Å². The van der Waals surface area contributed by atoms with Crippen molar-refractivity contribution < 1.29 is 33.5 Å². The van der Waals surface area contributed by atoms with Crippen molar-refractivity contribution in [1.29, 1.82) is 0 Å². The Morgan fingerprint density at radius 2 is 1.53 bits per heavy atom. The molecule has 0 aliphatic carbocycles. The van der Waals surface area contributed by atoms with Gasteiger partial charge in [-0.3, -0.25) is 4.74 Å². The Morgan fingerprint density at radius 3 is 2.13 bits per heavy atom. The fourth-order valence-electron chi connectivity index (χ4n) is 3.55. The van der Waals surface area contributed by atoms with Gasteiger partial charge in [-0.25, -0.2) is 0 Å². The molecule has 0 radical (unpaired) electrons. The van der Waals surface area contributed by atoms with E-state index in [0.29, 0.717) is 26.4 Å². The normalized spacial score (nSPS) is 33.1. The lowest BCUT2D eigenvalue weighted by Crippen LogP contribution is -2.47. The molecular weight excluding hydrogens is 388 g/mol. The summed E-state index contributed by atoms with van der Waals surface area (Å²) in [5, 5.41) is 10.6. The smallest absolute Gasteiger partial charge is 0.282 e. The molecule has 0 saturated carbocycles. The van der Waals surface area contributed by atoms with Crippen molar-refractivity contribution in [1.82, 2.24) is 0 Å². The van der Waals surface area contributed by atoms with Gasteiger partial charge in [-0.15, -0.1) is 0 Å². The third-order valence-corrected chi connectivity index (χ3v) is 5.54. The first-order valence-corrected chi connectivity index (χ1v) is 11.8. The van der Waals surface area contributed by atoms with Crippen LogP contribution in [0.3, 0.4) is 0 Å². The summed E-state index contributed by atoms with van der Waals surface area (Å²) in [7, 11) is 1.51. The van der Waals surface area contributed by atoms with Crippen molar-refractivity contribution in [3.05, 3.63) is 0 Å². The minimum Gasteiger partial charge on any atom is -0.381 e. The zero-order valence-corrected chi connectivity index (χ0v) is 20.1. The molecule has 6 atom stereocenters. The fraction of sp³-hybridized carbons (Fsp3) is 1.00. The van der Waals surface area contributed by atoms with Gasteiger partial charge in [0, 0.05) is 46.2 Å². The van der Waals surface area contributed by atoms with Gasteiger partial charge in [0.05, 0.1) is 24.9 Å². The predicted molar refractivity (Wildman–Crippen MR) is 116 cm³/mol. The van der Waals surface area contributed by atoms with Gasteiger partial charge in [0.25, 0.3) is 5.97 Å². The van der Waals surface area contributed by atoms with Crippen molar-refractivity contribution in [2.24, 2.45) is 5.92 Å². The maximum Gasteiger partial charge on any atom is 0.282 e. The van der Waals surface area contributed by atoms with E-state index in [4.69, 9.17) is 28.4 Å². The number of hydrogen-bond donors (Lipinski definition) is 1. The maximum absolute atomic E-state index is 10.6. The first-order chi connectivity index (χ1) is 14.4. The molecule has 30 heavy (non-hydrogen) atoms. The second-order valence-electron chi connectivity index (χ2n) is 8.24. The number of unbranched alkanes of at least 4 members (excludes halogenated alkanes) is 3. The molecule has 0 aromatic rings. The van der Waals surface area contributed by atoms with Crippen LogP contribution in [0.25, 0.3) is 0 Å². The highest BCUT2D eigenvalue weighted by Gasteiger charge is 2.43. The van der Waals surface area contributed by atoms with E-state index in [2.05, 4.69) is 20.8 Å². The van der Waals surface area contributed by atoms with Crippen molar-refractivity contribution >= 4 is 0 Å². The van der Waals surface area contributed by atoms with Gasteiger partial charge >= 0.3 is 0 Å². The Kier molecular flexibility index (Phi) is 14.3. The maximum atomic E-state index is 10.6. The molecule has 7 heteroatoms. The van der Waals surface area contributed by atoms with E-state index in [1.54, 1.807) is 6.92 Å². The molecule has 1 fully saturated rings. The highest BCUT2D eigenvalue weighted by Crippen LogP contribution is 2.31. The number of methoxy groups -OCH3 is 1. The molecule has 0 amide bonds. The molecular formula is C23H46O7. The van der Waals surface area contributed by atoms with Crippen LogP contribution >= 0.6 is 0 Å². The molecule has 180 valence electrons. The van der Waals surface area contributed by atoms with Gasteiger partial charge in [-0.2, -0.15) is 0 Å². The van der Waals surface area contributed by atoms with Gasteiger partial charge in [0.15, 0.2) is 6.29 Å². The molecule has 0 spiro atoms. The van der Waals surface area contributed by atoms with E-state index in [0.717, 1.165) is 38.5 Å². The van der Waals surface area contributed by atoms with Crippen LogP contribution in [0, 0.1) is 5.92 Å². The molecule has 1 saturated heterocycles. The highest BCUT2D eigenvalue weighted by atomic mass is 16.9. The summed E-state index contributed by atoms with van der Waals surface area (Å²) in [5.41, 5.74) is 0.